The van der Waals surface area contributed by atoms with E-state index < -0.39 is 0 Å². The summed E-state index contributed by atoms with van der Waals surface area (Å²) in [6.07, 6.45) is 1.54. The van der Waals surface area contributed by atoms with E-state index in [0.717, 1.165) is 17.4 Å². The van der Waals surface area contributed by atoms with Crippen LogP contribution in [0.1, 0.15) is 12.8 Å². The minimum atomic E-state index is -0.379. The molecule has 0 radical (unpaired) electrons. The summed E-state index contributed by atoms with van der Waals surface area (Å²) in [5.41, 5.74) is -0.0846. The van der Waals surface area contributed by atoms with Gasteiger partial charge in [0, 0.05) is 45.0 Å². The van der Waals surface area contributed by atoms with Gasteiger partial charge in [0.1, 0.15) is 19.0 Å². The molecule has 0 aliphatic carbocycles. The fourth-order valence-electron chi connectivity index (χ4n) is 3.79. The third-order valence-corrected chi connectivity index (χ3v) is 5.43. The van der Waals surface area contributed by atoms with Gasteiger partial charge in [0.15, 0.2) is 11.5 Å². The Hall–Kier alpha value is -3.23. The Morgan fingerprint density at radius 1 is 1.07 bits per heavy atom. The number of anilines is 2. The molecule has 2 aliphatic heterocycles. The van der Waals surface area contributed by atoms with Crippen LogP contribution >= 0.6 is 0 Å². The number of fused-ring (bicyclic) bond motifs is 1. The largest absolute Gasteiger partial charge is 0.486 e. The van der Waals surface area contributed by atoms with Gasteiger partial charge in [-0.2, -0.15) is 0 Å². The topological polar surface area (TPSA) is 94.8 Å². The third-order valence-electron chi connectivity index (χ3n) is 5.43. The van der Waals surface area contributed by atoms with Crippen LogP contribution in [0.5, 0.6) is 11.5 Å². The summed E-state index contributed by atoms with van der Waals surface area (Å²) in [6.45, 7) is 2.13. The number of carbonyl (C=O) groups is 1. The van der Waals surface area contributed by atoms with Crippen LogP contribution < -0.4 is 30.9 Å². The van der Waals surface area contributed by atoms with Crippen molar-refractivity contribution in [1.82, 2.24) is 9.13 Å². The van der Waals surface area contributed by atoms with Gasteiger partial charge in [-0.05, 0) is 25.0 Å². The first-order valence-corrected chi connectivity index (χ1v) is 9.66. The maximum absolute atomic E-state index is 12.8. The van der Waals surface area contributed by atoms with Crippen molar-refractivity contribution in [1.29, 1.82) is 0 Å². The first-order valence-electron chi connectivity index (χ1n) is 9.66. The Balaban J connectivity index is 1.49. The molecule has 4 rings (SSSR count). The zero-order valence-corrected chi connectivity index (χ0v) is 16.5. The minimum Gasteiger partial charge on any atom is -0.486 e. The summed E-state index contributed by atoms with van der Waals surface area (Å²) in [7, 11) is 3.09. The second-order valence-electron chi connectivity index (χ2n) is 7.37. The monoisotopic (exact) mass is 400 g/mol. The van der Waals surface area contributed by atoms with Crippen molar-refractivity contribution < 1.29 is 14.3 Å². The molecule has 2 aliphatic rings. The molecule has 1 aromatic heterocycles. The standard InChI is InChI=1S/C20H24N4O5/c1-22-17(11-18(25)23(2)20(22)27)24-7-3-4-13(12-24)19(26)21-14-5-6-15-16(10-14)29-9-8-28-15/h5-6,10-11,13H,3-4,7-9,12H2,1-2H3,(H,21,26)/t13-/m0/s1. The number of rotatable bonds is 3. The number of nitrogens with zero attached hydrogens (tertiary/aromatic N) is 3. The van der Waals surface area contributed by atoms with Crippen LogP contribution in [0.4, 0.5) is 11.5 Å². The molecule has 1 amide bonds. The Morgan fingerprint density at radius 3 is 2.62 bits per heavy atom. The number of carbonyl (C=O) groups excluding carboxylic acids is 1. The number of piperidine rings is 1. The van der Waals surface area contributed by atoms with E-state index in [4.69, 9.17) is 9.47 Å². The molecule has 0 unspecified atom stereocenters. The third kappa shape index (κ3) is 3.72. The lowest BCUT2D eigenvalue weighted by Crippen LogP contribution is -2.45. The zero-order chi connectivity index (χ0) is 20.5. The average Bonchev–Trinajstić information content (AvgIpc) is 2.74. The predicted octanol–water partition coefficient (Wildman–Crippen LogP) is 0.710. The zero-order valence-electron chi connectivity index (χ0n) is 16.5. The van der Waals surface area contributed by atoms with Crippen molar-refractivity contribution in [3.05, 3.63) is 45.1 Å². The maximum atomic E-state index is 12.8. The molecular formula is C20H24N4O5. The first-order chi connectivity index (χ1) is 13.9. The molecule has 154 valence electrons. The smallest absolute Gasteiger partial charge is 0.332 e. The first kappa shape index (κ1) is 19.1. The molecule has 9 heteroatoms. The van der Waals surface area contributed by atoms with Crippen molar-refractivity contribution in [2.45, 2.75) is 12.8 Å². The van der Waals surface area contributed by atoms with Gasteiger partial charge < -0.3 is 19.7 Å². The lowest BCUT2D eigenvalue weighted by Gasteiger charge is -2.34. The highest BCUT2D eigenvalue weighted by atomic mass is 16.6. The Bertz CT molecular complexity index is 1060. The second kappa shape index (κ2) is 7.65. The number of aromatic nitrogens is 2. The maximum Gasteiger partial charge on any atom is 0.332 e. The van der Waals surface area contributed by atoms with Gasteiger partial charge in [0.2, 0.25) is 5.91 Å². The van der Waals surface area contributed by atoms with E-state index in [2.05, 4.69) is 5.32 Å². The molecule has 29 heavy (non-hydrogen) atoms. The van der Waals surface area contributed by atoms with Gasteiger partial charge in [-0.3, -0.25) is 18.7 Å². The van der Waals surface area contributed by atoms with Gasteiger partial charge in [-0.1, -0.05) is 0 Å². The van der Waals surface area contributed by atoms with Crippen molar-refractivity contribution >= 4 is 17.4 Å². The normalized spacial score (nSPS) is 18.4. The van der Waals surface area contributed by atoms with E-state index in [1.54, 1.807) is 25.2 Å². The van der Waals surface area contributed by atoms with Crippen molar-refractivity contribution in [2.75, 3.05) is 36.5 Å². The molecule has 1 aromatic carbocycles. The van der Waals surface area contributed by atoms with Crippen LogP contribution in [0.15, 0.2) is 33.9 Å². The summed E-state index contributed by atoms with van der Waals surface area (Å²) < 4.78 is 13.6. The van der Waals surface area contributed by atoms with E-state index >= 15 is 0 Å². The van der Waals surface area contributed by atoms with Crippen LogP contribution in [0.25, 0.3) is 0 Å². The molecular weight excluding hydrogens is 376 g/mol. The summed E-state index contributed by atoms with van der Waals surface area (Å²) in [5, 5.41) is 2.94. The number of amides is 1. The molecule has 2 aromatic rings. The molecule has 1 atom stereocenters. The summed E-state index contributed by atoms with van der Waals surface area (Å²) in [4.78, 5) is 39.0. The van der Waals surface area contributed by atoms with E-state index in [1.165, 1.54) is 17.7 Å². The fraction of sp³-hybridized carbons (Fsp3) is 0.450. The van der Waals surface area contributed by atoms with Crippen LogP contribution in [0.2, 0.25) is 0 Å². The summed E-state index contributed by atoms with van der Waals surface area (Å²) in [6, 6.07) is 6.78. The average molecular weight is 400 g/mol. The Kier molecular flexibility index (Phi) is 5.04. The van der Waals surface area contributed by atoms with E-state index in [0.29, 0.717) is 49.3 Å². The molecule has 0 bridgehead atoms. The van der Waals surface area contributed by atoms with Crippen molar-refractivity contribution in [3.63, 3.8) is 0 Å². The van der Waals surface area contributed by atoms with Crippen LogP contribution in [-0.4, -0.2) is 41.3 Å². The number of benzene rings is 1. The predicted molar refractivity (Wildman–Crippen MR) is 108 cm³/mol. The van der Waals surface area contributed by atoms with Crippen molar-refractivity contribution in [3.8, 4) is 11.5 Å². The number of hydrogen-bond acceptors (Lipinski definition) is 6. The quantitative estimate of drug-likeness (QED) is 0.816. The molecule has 1 fully saturated rings. The molecule has 0 spiro atoms. The van der Waals surface area contributed by atoms with E-state index in [1.807, 2.05) is 4.90 Å². The SMILES string of the molecule is Cn1c(N2CCC[C@H](C(=O)Nc3ccc4c(c3)OCCO4)C2)cc(=O)n(C)c1=O. The number of hydrogen-bond donors (Lipinski definition) is 1. The van der Waals surface area contributed by atoms with Gasteiger partial charge >= 0.3 is 5.69 Å². The highest BCUT2D eigenvalue weighted by Gasteiger charge is 2.28. The van der Waals surface area contributed by atoms with Gasteiger partial charge in [0.25, 0.3) is 5.56 Å². The van der Waals surface area contributed by atoms with Gasteiger partial charge in [-0.15, -0.1) is 0 Å². The highest BCUT2D eigenvalue weighted by Crippen LogP contribution is 2.33. The molecule has 1 N–H and O–H groups in total. The van der Waals surface area contributed by atoms with Crippen molar-refractivity contribution in [2.24, 2.45) is 20.0 Å². The van der Waals surface area contributed by atoms with Crippen LogP contribution in [0, 0.1) is 5.92 Å². The molecule has 1 saturated heterocycles. The van der Waals surface area contributed by atoms with Crippen LogP contribution in [-0.2, 0) is 18.9 Å². The highest BCUT2D eigenvalue weighted by molar-refractivity contribution is 5.93. The Labute approximate surface area is 167 Å². The summed E-state index contributed by atoms with van der Waals surface area (Å²) in [5.74, 6) is 1.48. The lowest BCUT2D eigenvalue weighted by atomic mass is 9.97. The Morgan fingerprint density at radius 2 is 1.83 bits per heavy atom. The second-order valence-corrected chi connectivity index (χ2v) is 7.37. The van der Waals surface area contributed by atoms with Gasteiger partial charge in [0.05, 0.1) is 5.92 Å². The lowest BCUT2D eigenvalue weighted by molar-refractivity contribution is -0.120. The molecule has 3 heterocycles. The molecule has 0 saturated carbocycles. The van der Waals surface area contributed by atoms with Crippen LogP contribution in [0.3, 0.4) is 0 Å². The summed E-state index contributed by atoms with van der Waals surface area (Å²) >= 11 is 0. The number of nitrogens with one attached hydrogen (secondary N) is 1. The van der Waals surface area contributed by atoms with E-state index in [9.17, 15) is 14.4 Å². The minimum absolute atomic E-state index is 0.0970. The van der Waals surface area contributed by atoms with E-state index in [-0.39, 0.29) is 23.1 Å². The fourth-order valence-corrected chi connectivity index (χ4v) is 3.79. The van der Waals surface area contributed by atoms with Gasteiger partial charge in [-0.25, -0.2) is 4.79 Å². The molecule has 9 nitrogen and oxygen atoms in total. The number of ether oxygens (including phenoxy) is 2.